The molecular weight excluding hydrogens is 505 g/mol. The first-order valence-electron chi connectivity index (χ1n) is 12.7. The van der Waals surface area contributed by atoms with Gasteiger partial charge in [-0.1, -0.05) is 37.2 Å². The van der Waals surface area contributed by atoms with E-state index in [4.69, 9.17) is 14.0 Å². The van der Waals surface area contributed by atoms with Crippen molar-refractivity contribution in [3.63, 3.8) is 0 Å². The summed E-state index contributed by atoms with van der Waals surface area (Å²) in [7, 11) is 1.54. The van der Waals surface area contributed by atoms with Crippen LogP contribution in [-0.4, -0.2) is 23.3 Å². The summed E-state index contributed by atoms with van der Waals surface area (Å²) in [5.74, 6) is 0.705. The molecular formula is C30H34FNO5S. The van der Waals surface area contributed by atoms with Crippen molar-refractivity contribution >= 4 is 25.0 Å². The molecule has 0 bridgehead atoms. The Labute approximate surface area is 229 Å². The molecule has 0 saturated heterocycles. The van der Waals surface area contributed by atoms with Crippen molar-refractivity contribution in [1.29, 1.82) is 0 Å². The van der Waals surface area contributed by atoms with Crippen LogP contribution in [0.4, 0.5) is 4.39 Å². The molecule has 0 unspecified atom stereocenters. The molecule has 38 heavy (non-hydrogen) atoms. The molecule has 1 saturated carbocycles. The highest BCUT2D eigenvalue weighted by Crippen LogP contribution is 2.49. The smallest absolute Gasteiger partial charge is 0.303 e. The molecule has 202 valence electrons. The molecule has 1 fully saturated rings. The summed E-state index contributed by atoms with van der Waals surface area (Å²) in [6.07, 6.45) is 6.29. The van der Waals surface area contributed by atoms with Crippen LogP contribution >= 0.6 is 13.5 Å². The zero-order valence-corrected chi connectivity index (χ0v) is 22.9. The van der Waals surface area contributed by atoms with E-state index >= 15 is 0 Å². The van der Waals surface area contributed by atoms with Crippen molar-refractivity contribution in [2.75, 3.05) is 7.11 Å². The van der Waals surface area contributed by atoms with E-state index in [1.165, 1.54) is 6.07 Å². The molecule has 3 aromatic rings. The lowest BCUT2D eigenvalue weighted by Crippen LogP contribution is -2.11. The molecule has 2 aromatic carbocycles. The van der Waals surface area contributed by atoms with Gasteiger partial charge in [0.1, 0.15) is 29.6 Å². The third-order valence-electron chi connectivity index (χ3n) is 7.54. The lowest BCUT2D eigenvalue weighted by molar-refractivity contribution is -0.137. The van der Waals surface area contributed by atoms with E-state index < -0.39 is 11.8 Å². The summed E-state index contributed by atoms with van der Waals surface area (Å²) in [5, 5.41) is 13.7. The fourth-order valence-electron chi connectivity index (χ4n) is 5.35. The third kappa shape index (κ3) is 5.75. The quantitative estimate of drug-likeness (QED) is 0.290. The van der Waals surface area contributed by atoms with E-state index in [-0.39, 0.29) is 37.9 Å². The molecule has 1 heterocycles. The summed E-state index contributed by atoms with van der Waals surface area (Å²) in [6, 6.07) is 12.2. The van der Waals surface area contributed by atoms with Crippen LogP contribution in [0.25, 0.3) is 16.9 Å². The predicted octanol–water partition coefficient (Wildman–Crippen LogP) is 7.35. The second-order valence-corrected chi connectivity index (χ2v) is 10.6. The Morgan fingerprint density at radius 1 is 1.21 bits per heavy atom. The normalized spacial score (nSPS) is 16.9. The van der Waals surface area contributed by atoms with Crippen molar-refractivity contribution in [2.24, 2.45) is 11.3 Å². The maximum Gasteiger partial charge on any atom is 0.303 e. The maximum absolute atomic E-state index is 15.0. The van der Waals surface area contributed by atoms with Gasteiger partial charge in [-0.3, -0.25) is 4.79 Å². The summed E-state index contributed by atoms with van der Waals surface area (Å²) in [6.45, 7) is 4.46. The zero-order valence-electron chi connectivity index (χ0n) is 21.9. The first-order valence-corrected chi connectivity index (χ1v) is 12.7. The van der Waals surface area contributed by atoms with E-state index in [1.807, 2.05) is 24.3 Å². The average Bonchev–Trinajstić information content (AvgIpc) is 3.54. The second kappa shape index (κ2) is 11.2. The Kier molecular flexibility index (Phi) is 8.21. The number of hydrogen-bond donors (Lipinski definition) is 1. The van der Waals surface area contributed by atoms with Gasteiger partial charge in [0.05, 0.1) is 24.7 Å². The minimum absolute atomic E-state index is 0. The van der Waals surface area contributed by atoms with Gasteiger partial charge in [-0.25, -0.2) is 4.39 Å². The number of benzene rings is 2. The van der Waals surface area contributed by atoms with Gasteiger partial charge in [-0.05, 0) is 84.4 Å². The Hall–Kier alpha value is -3.26. The van der Waals surface area contributed by atoms with Crippen LogP contribution in [0.1, 0.15) is 68.7 Å². The van der Waals surface area contributed by atoms with Gasteiger partial charge in [0, 0.05) is 0 Å². The van der Waals surface area contributed by atoms with Gasteiger partial charge in [0.2, 0.25) is 0 Å². The Bertz CT molecular complexity index is 1340. The summed E-state index contributed by atoms with van der Waals surface area (Å²) in [5.41, 5.74) is 3.55. The number of nitrogens with zero attached hydrogens (tertiary/aromatic N) is 1. The van der Waals surface area contributed by atoms with Crippen molar-refractivity contribution in [3.8, 4) is 22.8 Å². The zero-order chi connectivity index (χ0) is 26.2. The standard InChI is InChI=1S/C30H32FNO5.H2S/c1-30(2)13-5-8-24(30)28-26(32-37-29(28)23-15-20(35-3)11-12-25(23)31)17-36-21-7-4-6-19(14-21)22(16-27(33)34)18-9-10-18;/h4,6-8,11-12,14-15,18,22H,5,9-10,13,16-17H2,1-3H3,(H,33,34);1H2/t22-;/m0./s1. The van der Waals surface area contributed by atoms with E-state index in [0.29, 0.717) is 34.4 Å². The predicted molar refractivity (Wildman–Crippen MR) is 148 cm³/mol. The molecule has 0 amide bonds. The highest BCUT2D eigenvalue weighted by molar-refractivity contribution is 7.59. The summed E-state index contributed by atoms with van der Waals surface area (Å²) < 4.78 is 32.2. The molecule has 0 spiro atoms. The van der Waals surface area contributed by atoms with E-state index in [2.05, 4.69) is 25.1 Å². The van der Waals surface area contributed by atoms with Crippen molar-refractivity contribution in [3.05, 3.63) is 71.2 Å². The van der Waals surface area contributed by atoms with Crippen molar-refractivity contribution < 1.29 is 28.3 Å². The van der Waals surface area contributed by atoms with Crippen LogP contribution in [-0.2, 0) is 11.4 Å². The maximum atomic E-state index is 15.0. The van der Waals surface area contributed by atoms with Gasteiger partial charge in [-0.15, -0.1) is 0 Å². The molecule has 0 aliphatic heterocycles. The largest absolute Gasteiger partial charge is 0.497 e. The summed E-state index contributed by atoms with van der Waals surface area (Å²) in [4.78, 5) is 11.4. The van der Waals surface area contributed by atoms with Gasteiger partial charge in [0.25, 0.3) is 0 Å². The Balaban J connectivity index is 0.00000336. The number of halogens is 1. The number of carbonyl (C=O) groups is 1. The molecule has 5 rings (SSSR count). The van der Waals surface area contributed by atoms with E-state index in [1.54, 1.807) is 19.2 Å². The topological polar surface area (TPSA) is 81.8 Å². The molecule has 0 radical (unpaired) electrons. The highest BCUT2D eigenvalue weighted by atomic mass is 32.1. The van der Waals surface area contributed by atoms with Crippen LogP contribution in [0, 0.1) is 17.2 Å². The number of carboxylic acid groups (broad SMARTS) is 1. The summed E-state index contributed by atoms with van der Waals surface area (Å²) >= 11 is 0. The van der Waals surface area contributed by atoms with Gasteiger partial charge < -0.3 is 19.1 Å². The van der Waals surface area contributed by atoms with Crippen molar-refractivity contribution in [1.82, 2.24) is 5.16 Å². The number of hydrogen-bond acceptors (Lipinski definition) is 5. The van der Waals surface area contributed by atoms with E-state index in [0.717, 1.165) is 42.4 Å². The van der Waals surface area contributed by atoms with Crippen LogP contribution in [0.3, 0.4) is 0 Å². The molecule has 2 aliphatic rings. The molecule has 2 aliphatic carbocycles. The first-order chi connectivity index (χ1) is 17.8. The first kappa shape index (κ1) is 27.8. The molecule has 1 N–H and O–H groups in total. The number of aromatic nitrogens is 1. The monoisotopic (exact) mass is 539 g/mol. The number of rotatable bonds is 10. The molecule has 1 atom stereocenters. The van der Waals surface area contributed by atoms with Gasteiger partial charge in [-0.2, -0.15) is 13.5 Å². The van der Waals surface area contributed by atoms with Crippen LogP contribution in [0.5, 0.6) is 11.5 Å². The number of aliphatic carboxylic acids is 1. The molecule has 8 heteroatoms. The lowest BCUT2D eigenvalue weighted by atomic mass is 9.80. The average molecular weight is 540 g/mol. The van der Waals surface area contributed by atoms with Crippen LogP contribution < -0.4 is 9.47 Å². The third-order valence-corrected chi connectivity index (χ3v) is 7.54. The number of methoxy groups -OCH3 is 1. The van der Waals surface area contributed by atoms with Crippen molar-refractivity contribution in [2.45, 2.75) is 58.5 Å². The Morgan fingerprint density at radius 3 is 2.66 bits per heavy atom. The number of allylic oxidation sites excluding steroid dienone is 2. The van der Waals surface area contributed by atoms with Gasteiger partial charge >= 0.3 is 5.97 Å². The fourth-order valence-corrected chi connectivity index (χ4v) is 5.35. The fraction of sp³-hybridized carbons (Fsp3) is 0.400. The van der Waals surface area contributed by atoms with Crippen LogP contribution in [0.15, 0.2) is 53.1 Å². The van der Waals surface area contributed by atoms with Gasteiger partial charge in [0.15, 0.2) is 5.76 Å². The molecule has 6 nitrogen and oxygen atoms in total. The minimum atomic E-state index is -0.791. The van der Waals surface area contributed by atoms with Crippen LogP contribution in [0.2, 0.25) is 0 Å². The minimum Gasteiger partial charge on any atom is -0.497 e. The lowest BCUT2D eigenvalue weighted by Gasteiger charge is -2.23. The number of ether oxygens (including phenoxy) is 2. The second-order valence-electron chi connectivity index (χ2n) is 10.6. The SMILES string of the molecule is COc1ccc(F)c(-c2onc(COc3cccc([C@@H](CC(=O)O)C4CC4)c3)c2C2=CCCC2(C)C)c1.S. The Morgan fingerprint density at radius 2 is 2.00 bits per heavy atom. The van der Waals surface area contributed by atoms with E-state index in [9.17, 15) is 14.3 Å². The highest BCUT2D eigenvalue weighted by Gasteiger charge is 2.36. The number of carboxylic acids is 1. The molecule has 1 aromatic heterocycles.